The highest BCUT2D eigenvalue weighted by atomic mass is 35.5. The van der Waals surface area contributed by atoms with Crippen LogP contribution in [-0.4, -0.2) is 12.6 Å². The second-order valence-corrected chi connectivity index (χ2v) is 7.46. The summed E-state index contributed by atoms with van der Waals surface area (Å²) >= 11 is 6.22. The van der Waals surface area contributed by atoms with E-state index in [0.29, 0.717) is 34.5 Å². The van der Waals surface area contributed by atoms with Crippen LogP contribution in [0.3, 0.4) is 0 Å². The van der Waals surface area contributed by atoms with E-state index in [1.165, 1.54) is 0 Å². The van der Waals surface area contributed by atoms with Crippen LogP contribution in [0.2, 0.25) is 5.02 Å². The predicted molar refractivity (Wildman–Crippen MR) is 109 cm³/mol. The summed E-state index contributed by atoms with van der Waals surface area (Å²) in [5.74, 6) is 2.37. The summed E-state index contributed by atoms with van der Waals surface area (Å²) in [6, 6.07) is 10.7. The minimum atomic E-state index is -0.178. The Kier molecular flexibility index (Phi) is 4.73. The summed E-state index contributed by atoms with van der Waals surface area (Å²) in [5, 5.41) is 0.591. The summed E-state index contributed by atoms with van der Waals surface area (Å²) in [6.07, 6.45) is 3.13. The van der Waals surface area contributed by atoms with Crippen LogP contribution in [0.5, 0.6) is 17.2 Å². The fraction of sp³-hybridized carbons (Fsp3) is 0.174. The van der Waals surface area contributed by atoms with Crippen molar-refractivity contribution >= 4 is 23.5 Å². The molecule has 0 radical (unpaired) electrons. The third kappa shape index (κ3) is 3.44. The molecule has 0 saturated carbocycles. The molecule has 0 N–H and O–H groups in total. The smallest absolute Gasteiger partial charge is 0.232 e. The fourth-order valence-electron chi connectivity index (χ4n) is 3.59. The summed E-state index contributed by atoms with van der Waals surface area (Å²) < 4.78 is 28.0. The number of halogens is 1. The zero-order chi connectivity index (χ0) is 20.7. The third-order valence-corrected chi connectivity index (χ3v) is 5.12. The van der Waals surface area contributed by atoms with Gasteiger partial charge in [-0.2, -0.15) is 0 Å². The maximum Gasteiger partial charge on any atom is 0.232 e. The number of furan rings is 1. The zero-order valence-electron chi connectivity index (χ0n) is 16.1. The SMILES string of the molecule is Cc1cc(OCc2cc(Cl)cc3c2OCOC3)cc2c1C(=O)/C(=C/c1ccco1)O2. The molecule has 7 heteroatoms. The van der Waals surface area contributed by atoms with Crippen molar-refractivity contribution in [1.29, 1.82) is 0 Å². The van der Waals surface area contributed by atoms with Gasteiger partial charge in [0.05, 0.1) is 18.4 Å². The Labute approximate surface area is 177 Å². The molecule has 3 aromatic rings. The van der Waals surface area contributed by atoms with Crippen molar-refractivity contribution in [1.82, 2.24) is 0 Å². The minimum Gasteiger partial charge on any atom is -0.489 e. The summed E-state index contributed by atoms with van der Waals surface area (Å²) in [6.45, 7) is 2.75. The normalized spacial score (nSPS) is 16.1. The summed E-state index contributed by atoms with van der Waals surface area (Å²) in [5.41, 5.74) is 3.02. The van der Waals surface area contributed by atoms with Gasteiger partial charge < -0.3 is 23.4 Å². The number of fused-ring (bicyclic) bond motifs is 2. The van der Waals surface area contributed by atoms with Crippen LogP contribution in [0.1, 0.15) is 32.8 Å². The van der Waals surface area contributed by atoms with Crippen molar-refractivity contribution in [2.24, 2.45) is 0 Å². The van der Waals surface area contributed by atoms with Gasteiger partial charge in [0.15, 0.2) is 12.6 Å². The first kappa shape index (κ1) is 18.8. The highest BCUT2D eigenvalue weighted by Gasteiger charge is 2.30. The molecule has 30 heavy (non-hydrogen) atoms. The van der Waals surface area contributed by atoms with E-state index in [0.717, 1.165) is 22.4 Å². The Morgan fingerprint density at radius 1 is 1.23 bits per heavy atom. The predicted octanol–water partition coefficient (Wildman–Crippen LogP) is 5.30. The van der Waals surface area contributed by atoms with E-state index in [4.69, 9.17) is 35.0 Å². The van der Waals surface area contributed by atoms with Gasteiger partial charge in [-0.25, -0.2) is 0 Å². The fourth-order valence-corrected chi connectivity index (χ4v) is 3.85. The molecular weight excluding hydrogens is 408 g/mol. The van der Waals surface area contributed by atoms with Crippen LogP contribution in [-0.2, 0) is 18.0 Å². The molecule has 1 aromatic heterocycles. The molecular formula is C23H17ClO6. The number of Topliss-reactive ketones (excluding diaryl/α,β-unsaturated/α-hetero) is 1. The van der Waals surface area contributed by atoms with E-state index < -0.39 is 0 Å². The number of ketones is 1. The van der Waals surface area contributed by atoms with Crippen LogP contribution in [0.4, 0.5) is 0 Å². The van der Waals surface area contributed by atoms with Gasteiger partial charge in [0.25, 0.3) is 0 Å². The molecule has 2 aliphatic heterocycles. The zero-order valence-corrected chi connectivity index (χ0v) is 16.8. The molecule has 0 saturated heterocycles. The van der Waals surface area contributed by atoms with Gasteiger partial charge in [-0.3, -0.25) is 4.79 Å². The maximum atomic E-state index is 12.7. The molecule has 0 amide bonds. The van der Waals surface area contributed by atoms with Crippen molar-refractivity contribution in [2.75, 3.05) is 6.79 Å². The van der Waals surface area contributed by atoms with E-state index in [1.54, 1.807) is 30.5 Å². The molecule has 2 aliphatic rings. The van der Waals surface area contributed by atoms with Gasteiger partial charge in [-0.1, -0.05) is 11.6 Å². The molecule has 0 spiro atoms. The molecule has 152 valence electrons. The van der Waals surface area contributed by atoms with Crippen molar-refractivity contribution in [2.45, 2.75) is 20.1 Å². The highest BCUT2D eigenvalue weighted by molar-refractivity contribution is 6.30. The number of allylic oxidation sites excluding steroid dienone is 1. The van der Waals surface area contributed by atoms with Gasteiger partial charge in [0.1, 0.15) is 29.6 Å². The van der Waals surface area contributed by atoms with Crippen LogP contribution >= 0.6 is 11.6 Å². The maximum absolute atomic E-state index is 12.7. The number of carbonyl (C=O) groups is 1. The Balaban J connectivity index is 1.39. The van der Waals surface area contributed by atoms with Crippen molar-refractivity contribution < 1.29 is 28.2 Å². The minimum absolute atomic E-state index is 0.178. The van der Waals surface area contributed by atoms with Gasteiger partial charge in [-0.15, -0.1) is 0 Å². The number of hydrogen-bond acceptors (Lipinski definition) is 6. The van der Waals surface area contributed by atoms with Crippen molar-refractivity contribution in [3.8, 4) is 17.2 Å². The van der Waals surface area contributed by atoms with Crippen LogP contribution < -0.4 is 14.2 Å². The molecule has 6 nitrogen and oxygen atoms in total. The monoisotopic (exact) mass is 424 g/mol. The lowest BCUT2D eigenvalue weighted by Crippen LogP contribution is -2.14. The number of rotatable bonds is 4. The van der Waals surface area contributed by atoms with Gasteiger partial charge in [0.2, 0.25) is 5.78 Å². The average molecular weight is 425 g/mol. The molecule has 0 fully saturated rings. The molecule has 0 unspecified atom stereocenters. The van der Waals surface area contributed by atoms with Crippen molar-refractivity contribution in [3.05, 3.63) is 81.5 Å². The van der Waals surface area contributed by atoms with E-state index in [1.807, 2.05) is 25.1 Å². The first-order valence-corrected chi connectivity index (χ1v) is 9.73. The Morgan fingerprint density at radius 2 is 2.13 bits per heavy atom. The van der Waals surface area contributed by atoms with E-state index >= 15 is 0 Å². The lowest BCUT2D eigenvalue weighted by molar-refractivity contribution is -0.0175. The molecule has 5 rings (SSSR count). The number of aryl methyl sites for hydroxylation is 1. The average Bonchev–Trinajstić information content (AvgIpc) is 3.34. The largest absolute Gasteiger partial charge is 0.489 e. The van der Waals surface area contributed by atoms with Gasteiger partial charge in [-0.05, 0) is 42.8 Å². The Hall–Kier alpha value is -3.22. The van der Waals surface area contributed by atoms with E-state index in [-0.39, 0.29) is 24.9 Å². The van der Waals surface area contributed by atoms with Crippen LogP contribution in [0.15, 0.2) is 52.8 Å². The van der Waals surface area contributed by atoms with E-state index in [2.05, 4.69) is 0 Å². The number of carbonyl (C=O) groups excluding carboxylic acids is 1. The van der Waals surface area contributed by atoms with Crippen molar-refractivity contribution in [3.63, 3.8) is 0 Å². The lowest BCUT2D eigenvalue weighted by Gasteiger charge is -2.21. The van der Waals surface area contributed by atoms with Crippen LogP contribution in [0.25, 0.3) is 6.08 Å². The number of benzene rings is 2. The topological polar surface area (TPSA) is 67.1 Å². The van der Waals surface area contributed by atoms with E-state index in [9.17, 15) is 4.79 Å². The quantitative estimate of drug-likeness (QED) is 0.529. The molecule has 0 atom stereocenters. The molecule has 2 aromatic carbocycles. The highest BCUT2D eigenvalue weighted by Crippen LogP contribution is 2.38. The van der Waals surface area contributed by atoms with Gasteiger partial charge >= 0.3 is 0 Å². The molecule has 0 bridgehead atoms. The summed E-state index contributed by atoms with van der Waals surface area (Å²) in [7, 11) is 0. The summed E-state index contributed by atoms with van der Waals surface area (Å²) in [4.78, 5) is 12.7. The number of ether oxygens (including phenoxy) is 4. The first-order chi connectivity index (χ1) is 14.6. The second-order valence-electron chi connectivity index (χ2n) is 7.02. The lowest BCUT2D eigenvalue weighted by atomic mass is 10.0. The number of hydrogen-bond donors (Lipinski definition) is 0. The Bertz CT molecular complexity index is 1160. The Morgan fingerprint density at radius 3 is 2.97 bits per heavy atom. The molecule has 3 heterocycles. The van der Waals surface area contributed by atoms with Gasteiger partial charge in [0, 0.05) is 28.3 Å². The first-order valence-electron chi connectivity index (χ1n) is 9.35. The second kappa shape index (κ2) is 7.55. The van der Waals surface area contributed by atoms with Crippen LogP contribution in [0, 0.1) is 6.92 Å². The standard InChI is InChI=1S/C23H17ClO6/c1-13-5-18(28-11-15-7-16(24)6-14-10-26-12-29-23(14)15)9-19-21(13)22(25)20(30-19)8-17-3-2-4-27-17/h2-9H,10-12H2,1H3/b20-8-. The third-order valence-electron chi connectivity index (χ3n) is 4.91. The molecule has 0 aliphatic carbocycles.